The summed E-state index contributed by atoms with van der Waals surface area (Å²) >= 11 is 14.2. The first kappa shape index (κ1) is 20.6. The SMILES string of the molecule is Cc1cccc(NC(=O)CSc2nnc(NC(=O)c3cc(Cl)cc(Cl)c3)s2)c1. The number of hydrogen-bond acceptors (Lipinski definition) is 6. The summed E-state index contributed by atoms with van der Waals surface area (Å²) in [7, 11) is 0. The lowest BCUT2D eigenvalue weighted by molar-refractivity contribution is -0.113. The van der Waals surface area contributed by atoms with E-state index in [-0.39, 0.29) is 11.7 Å². The maximum atomic E-state index is 12.3. The first-order chi connectivity index (χ1) is 13.4. The van der Waals surface area contributed by atoms with Gasteiger partial charge in [-0.3, -0.25) is 14.9 Å². The number of benzene rings is 2. The van der Waals surface area contributed by atoms with Gasteiger partial charge in [-0.25, -0.2) is 0 Å². The zero-order valence-corrected chi connectivity index (χ0v) is 17.7. The third-order valence-electron chi connectivity index (χ3n) is 3.38. The van der Waals surface area contributed by atoms with Crippen LogP contribution in [0.25, 0.3) is 0 Å². The van der Waals surface area contributed by atoms with E-state index < -0.39 is 5.91 Å². The number of amides is 2. The number of carbonyl (C=O) groups is 2. The third kappa shape index (κ3) is 5.93. The molecule has 10 heteroatoms. The van der Waals surface area contributed by atoms with Gasteiger partial charge < -0.3 is 5.32 Å². The summed E-state index contributed by atoms with van der Waals surface area (Å²) in [4.78, 5) is 24.3. The average Bonchev–Trinajstić information content (AvgIpc) is 3.06. The van der Waals surface area contributed by atoms with Crippen LogP contribution in [0.4, 0.5) is 10.8 Å². The molecule has 0 spiro atoms. The van der Waals surface area contributed by atoms with E-state index >= 15 is 0 Å². The smallest absolute Gasteiger partial charge is 0.257 e. The second-order valence-electron chi connectivity index (χ2n) is 5.69. The van der Waals surface area contributed by atoms with Crippen LogP contribution in [0.15, 0.2) is 46.8 Å². The van der Waals surface area contributed by atoms with Crippen molar-refractivity contribution >= 4 is 68.9 Å². The van der Waals surface area contributed by atoms with Crippen LogP contribution >= 0.6 is 46.3 Å². The Hall–Kier alpha value is -2.13. The first-order valence-electron chi connectivity index (χ1n) is 7.99. The molecule has 0 aliphatic heterocycles. The number of carbonyl (C=O) groups excluding carboxylic acids is 2. The van der Waals surface area contributed by atoms with Crippen molar-refractivity contribution in [1.29, 1.82) is 0 Å². The molecule has 0 aliphatic carbocycles. The molecule has 2 N–H and O–H groups in total. The van der Waals surface area contributed by atoms with Crippen LogP contribution in [-0.4, -0.2) is 27.8 Å². The minimum atomic E-state index is -0.394. The summed E-state index contributed by atoms with van der Waals surface area (Å²) in [6, 6.07) is 12.1. The number of thioether (sulfide) groups is 1. The lowest BCUT2D eigenvalue weighted by atomic mass is 10.2. The standard InChI is InChI=1S/C18H14Cl2N4O2S2/c1-10-3-2-4-14(5-10)21-15(25)9-27-18-24-23-17(28-18)22-16(26)11-6-12(19)8-13(20)7-11/h2-8H,9H2,1H3,(H,21,25)(H,22,23,26). The Labute approximate surface area is 179 Å². The topological polar surface area (TPSA) is 84.0 Å². The maximum absolute atomic E-state index is 12.3. The summed E-state index contributed by atoms with van der Waals surface area (Å²) in [5.74, 6) is -0.361. The molecule has 0 fully saturated rings. The number of halogens is 2. The van der Waals surface area contributed by atoms with Crippen molar-refractivity contribution in [3.05, 3.63) is 63.6 Å². The van der Waals surface area contributed by atoms with Crippen LogP contribution in [0, 0.1) is 6.92 Å². The van der Waals surface area contributed by atoms with Crippen LogP contribution in [0.2, 0.25) is 10.0 Å². The number of hydrogen-bond donors (Lipinski definition) is 2. The van der Waals surface area contributed by atoms with E-state index in [9.17, 15) is 9.59 Å². The van der Waals surface area contributed by atoms with Crippen LogP contribution in [-0.2, 0) is 4.79 Å². The van der Waals surface area contributed by atoms with E-state index in [0.29, 0.717) is 25.1 Å². The molecule has 28 heavy (non-hydrogen) atoms. The van der Waals surface area contributed by atoms with Gasteiger partial charge in [0.1, 0.15) is 0 Å². The zero-order valence-electron chi connectivity index (χ0n) is 14.5. The first-order valence-corrected chi connectivity index (χ1v) is 10.5. The quantitative estimate of drug-likeness (QED) is 0.399. The van der Waals surface area contributed by atoms with Crippen LogP contribution in [0.5, 0.6) is 0 Å². The fraction of sp³-hybridized carbons (Fsp3) is 0.111. The number of rotatable bonds is 6. The molecule has 2 amide bonds. The van der Waals surface area contributed by atoms with Crippen molar-refractivity contribution in [3.63, 3.8) is 0 Å². The Morgan fingerprint density at radius 2 is 1.82 bits per heavy atom. The van der Waals surface area contributed by atoms with E-state index in [1.54, 1.807) is 6.07 Å². The summed E-state index contributed by atoms with van der Waals surface area (Å²) in [5.41, 5.74) is 2.13. The second kappa shape index (κ2) is 9.38. The summed E-state index contributed by atoms with van der Waals surface area (Å²) < 4.78 is 0.568. The second-order valence-corrected chi connectivity index (χ2v) is 8.76. The van der Waals surface area contributed by atoms with Gasteiger partial charge in [-0.1, -0.05) is 58.4 Å². The predicted molar refractivity (Wildman–Crippen MR) is 115 cm³/mol. The van der Waals surface area contributed by atoms with Gasteiger partial charge in [0.2, 0.25) is 11.0 Å². The van der Waals surface area contributed by atoms with Gasteiger partial charge in [-0.05, 0) is 42.8 Å². The van der Waals surface area contributed by atoms with Crippen molar-refractivity contribution in [2.24, 2.45) is 0 Å². The highest BCUT2D eigenvalue weighted by atomic mass is 35.5. The molecule has 0 saturated carbocycles. The summed E-state index contributed by atoms with van der Waals surface area (Å²) in [5, 5.41) is 14.4. The lowest BCUT2D eigenvalue weighted by Crippen LogP contribution is -2.13. The van der Waals surface area contributed by atoms with Crippen molar-refractivity contribution in [2.45, 2.75) is 11.3 Å². The van der Waals surface area contributed by atoms with E-state index in [4.69, 9.17) is 23.2 Å². The lowest BCUT2D eigenvalue weighted by Gasteiger charge is -2.04. The highest BCUT2D eigenvalue weighted by molar-refractivity contribution is 8.01. The highest BCUT2D eigenvalue weighted by Crippen LogP contribution is 2.26. The Balaban J connectivity index is 1.53. The minimum Gasteiger partial charge on any atom is -0.325 e. The van der Waals surface area contributed by atoms with Crippen LogP contribution < -0.4 is 10.6 Å². The molecular weight excluding hydrogens is 439 g/mol. The molecule has 1 aromatic heterocycles. The minimum absolute atomic E-state index is 0.148. The highest BCUT2D eigenvalue weighted by Gasteiger charge is 2.13. The number of nitrogens with zero attached hydrogens (tertiary/aromatic N) is 2. The molecule has 0 unspecified atom stereocenters. The van der Waals surface area contributed by atoms with E-state index in [1.165, 1.54) is 35.2 Å². The van der Waals surface area contributed by atoms with Gasteiger partial charge >= 0.3 is 0 Å². The van der Waals surface area contributed by atoms with Crippen LogP contribution in [0.3, 0.4) is 0 Å². The van der Waals surface area contributed by atoms with Gasteiger partial charge in [-0.2, -0.15) is 0 Å². The van der Waals surface area contributed by atoms with Gasteiger partial charge in [0.25, 0.3) is 5.91 Å². The molecule has 0 bridgehead atoms. The van der Waals surface area contributed by atoms with E-state index in [1.807, 2.05) is 31.2 Å². The number of anilines is 2. The van der Waals surface area contributed by atoms with Crippen molar-refractivity contribution in [2.75, 3.05) is 16.4 Å². The van der Waals surface area contributed by atoms with Crippen molar-refractivity contribution in [1.82, 2.24) is 10.2 Å². The molecule has 0 aliphatic rings. The molecule has 6 nitrogen and oxygen atoms in total. The molecule has 0 atom stereocenters. The third-order valence-corrected chi connectivity index (χ3v) is 5.79. The number of aryl methyl sites for hydroxylation is 1. The maximum Gasteiger partial charge on any atom is 0.257 e. The largest absolute Gasteiger partial charge is 0.325 e. The monoisotopic (exact) mass is 452 g/mol. The number of aromatic nitrogens is 2. The van der Waals surface area contributed by atoms with Gasteiger partial charge in [0.05, 0.1) is 5.75 Å². The van der Waals surface area contributed by atoms with Crippen LogP contribution in [0.1, 0.15) is 15.9 Å². The molecule has 2 aromatic carbocycles. The molecule has 3 aromatic rings. The van der Waals surface area contributed by atoms with E-state index in [0.717, 1.165) is 11.3 Å². The molecule has 1 heterocycles. The Morgan fingerprint density at radius 3 is 2.54 bits per heavy atom. The van der Waals surface area contributed by atoms with E-state index in [2.05, 4.69) is 20.8 Å². The Morgan fingerprint density at radius 1 is 1.07 bits per heavy atom. The van der Waals surface area contributed by atoms with Crippen molar-refractivity contribution < 1.29 is 9.59 Å². The van der Waals surface area contributed by atoms with Crippen molar-refractivity contribution in [3.8, 4) is 0 Å². The summed E-state index contributed by atoms with van der Waals surface area (Å²) in [6.45, 7) is 1.96. The zero-order chi connectivity index (χ0) is 20.1. The molecule has 144 valence electrons. The Bertz CT molecular complexity index is 1010. The fourth-order valence-corrected chi connectivity index (χ4v) is 4.29. The molecule has 0 radical (unpaired) electrons. The van der Waals surface area contributed by atoms with Gasteiger partial charge in [-0.15, -0.1) is 10.2 Å². The molecule has 3 rings (SSSR count). The average molecular weight is 453 g/mol. The normalized spacial score (nSPS) is 10.5. The fourth-order valence-electron chi connectivity index (χ4n) is 2.22. The summed E-state index contributed by atoms with van der Waals surface area (Å²) in [6.07, 6.45) is 0. The predicted octanol–water partition coefficient (Wildman–Crippen LogP) is 5.14. The number of nitrogens with one attached hydrogen (secondary N) is 2. The molecular formula is C18H14Cl2N4O2S2. The Kier molecular flexibility index (Phi) is 6.90. The van der Waals surface area contributed by atoms with Gasteiger partial charge in [0, 0.05) is 21.3 Å². The van der Waals surface area contributed by atoms with Gasteiger partial charge in [0.15, 0.2) is 4.34 Å². The molecule has 0 saturated heterocycles.